The van der Waals surface area contributed by atoms with Crippen molar-refractivity contribution in [3.05, 3.63) is 10.1 Å². The summed E-state index contributed by atoms with van der Waals surface area (Å²) in [6, 6.07) is -0.491. The van der Waals surface area contributed by atoms with E-state index in [9.17, 15) is 10.3 Å². The minimum absolute atomic E-state index is 0.153. The first-order chi connectivity index (χ1) is 6.63. The second-order valence-electron chi connectivity index (χ2n) is 3.04. The first-order valence-corrected chi connectivity index (χ1v) is 6.12. The Kier molecular flexibility index (Phi) is 2.26. The summed E-state index contributed by atoms with van der Waals surface area (Å²) in [5, 5.41) is 26.8. The van der Waals surface area contributed by atoms with Gasteiger partial charge >= 0.3 is 90.6 Å². The molecule has 76 valence electrons. The van der Waals surface area contributed by atoms with E-state index in [4.69, 9.17) is 6.57 Å². The van der Waals surface area contributed by atoms with E-state index in [1.165, 1.54) is 7.05 Å². The van der Waals surface area contributed by atoms with Crippen molar-refractivity contribution in [2.75, 3.05) is 7.05 Å². The molecule has 0 spiro atoms. The van der Waals surface area contributed by atoms with Gasteiger partial charge in [-0.15, -0.1) is 0 Å². The molecular formula is C6H9IN5O2+. The third-order valence-corrected chi connectivity index (χ3v) is 4.01. The van der Waals surface area contributed by atoms with Crippen LogP contribution in [0.3, 0.4) is 0 Å². The van der Waals surface area contributed by atoms with Crippen molar-refractivity contribution in [3.63, 3.8) is 0 Å². The topological polar surface area (TPSA) is 79.8 Å². The second kappa shape index (κ2) is 3.20. The van der Waals surface area contributed by atoms with Crippen molar-refractivity contribution in [1.82, 2.24) is 0 Å². The van der Waals surface area contributed by atoms with Gasteiger partial charge in [0.2, 0.25) is 0 Å². The Bertz CT molecular complexity index is 362. The maximum atomic E-state index is 10.5. The molecule has 2 N–H and O–H groups in total. The zero-order chi connectivity index (χ0) is 10.3. The molecule has 2 rings (SSSR count). The van der Waals surface area contributed by atoms with Gasteiger partial charge in [0.1, 0.15) is 0 Å². The third kappa shape index (κ3) is 1.33. The molecule has 4 unspecified atom stereocenters. The van der Waals surface area contributed by atoms with Gasteiger partial charge in [-0.3, -0.25) is 0 Å². The van der Waals surface area contributed by atoms with Gasteiger partial charge in [-0.1, -0.05) is 0 Å². The molecule has 0 aromatic carbocycles. The van der Waals surface area contributed by atoms with E-state index >= 15 is 0 Å². The summed E-state index contributed by atoms with van der Waals surface area (Å²) >= 11 is -0.153. The molecule has 1 aliphatic heterocycles. The van der Waals surface area contributed by atoms with Crippen LogP contribution in [0, 0.1) is 11.8 Å². The van der Waals surface area contributed by atoms with Crippen molar-refractivity contribution in [3.8, 4) is 6.57 Å². The number of halogens is 1. The van der Waals surface area contributed by atoms with Crippen LogP contribution in [0.25, 0.3) is 4.85 Å². The molecule has 0 radical (unpaired) electrons. The van der Waals surface area contributed by atoms with E-state index in [-0.39, 0.29) is 26.7 Å². The number of quaternary nitrogens is 1. The minimum atomic E-state index is -0.813. The van der Waals surface area contributed by atoms with E-state index in [0.29, 0.717) is 0 Å². The number of nitrogens with zero attached hydrogens (tertiary/aromatic N) is 4. The number of hydrogen-bond acceptors (Lipinski definition) is 4. The number of hydroxylamine groups is 1. The van der Waals surface area contributed by atoms with Crippen molar-refractivity contribution < 1.29 is 34.5 Å². The van der Waals surface area contributed by atoms with E-state index in [2.05, 4.69) is 15.2 Å². The van der Waals surface area contributed by atoms with Gasteiger partial charge in [-0.2, -0.15) is 0 Å². The Morgan fingerprint density at radius 1 is 1.86 bits per heavy atom. The molecule has 0 bridgehead atoms. The first kappa shape index (κ1) is 9.91. The monoisotopic (exact) mass is 310 g/mol. The zero-order valence-electron chi connectivity index (χ0n) is 7.33. The fourth-order valence-corrected chi connectivity index (χ4v) is 2.97. The second-order valence-corrected chi connectivity index (χ2v) is 5.20. The number of aliphatic hydroxyl groups is 1. The molecule has 2 aliphatic rings. The fourth-order valence-electron chi connectivity index (χ4n) is 1.26. The van der Waals surface area contributed by atoms with Crippen LogP contribution in [-0.4, -0.2) is 37.0 Å². The average Bonchev–Trinajstić information content (AvgIpc) is 2.98. The third-order valence-electron chi connectivity index (χ3n) is 2.13. The van der Waals surface area contributed by atoms with Gasteiger partial charge in [-0.25, -0.2) is 0 Å². The summed E-state index contributed by atoms with van der Waals surface area (Å²) in [7, 11) is 1.30. The van der Waals surface area contributed by atoms with Gasteiger partial charge in [0.15, 0.2) is 0 Å². The van der Waals surface area contributed by atoms with Crippen molar-refractivity contribution in [2.24, 2.45) is 10.3 Å². The normalized spacial score (nSPS) is 42.3. The van der Waals surface area contributed by atoms with Crippen LogP contribution in [0.1, 0.15) is 0 Å². The van der Waals surface area contributed by atoms with Gasteiger partial charge in [0.25, 0.3) is 0 Å². The number of rotatable bonds is 3. The SMILES string of the molecule is C#[N+]C1([N+]2=C[I-]2)C(O)C1N=N[NH+](C)[O-]. The van der Waals surface area contributed by atoms with Crippen LogP contribution in [0.4, 0.5) is 0 Å². The predicted octanol–water partition coefficient (Wildman–Crippen LogP) is -5.17. The summed E-state index contributed by atoms with van der Waals surface area (Å²) < 4.78 is 3.85. The summed E-state index contributed by atoms with van der Waals surface area (Å²) in [6.07, 6.45) is -0.742. The zero-order valence-corrected chi connectivity index (χ0v) is 9.49. The van der Waals surface area contributed by atoms with Crippen LogP contribution in [0.15, 0.2) is 10.3 Å². The molecule has 1 fully saturated rings. The van der Waals surface area contributed by atoms with Crippen LogP contribution in [0.2, 0.25) is 0 Å². The maximum absolute atomic E-state index is 10.5. The molecule has 1 aliphatic carbocycles. The van der Waals surface area contributed by atoms with E-state index in [1.54, 1.807) is 0 Å². The molecule has 14 heavy (non-hydrogen) atoms. The molecule has 0 amide bonds. The summed E-state index contributed by atoms with van der Waals surface area (Å²) in [5.74, 6) is 0. The standard InChI is InChI=1S/C6H9IN5O2/c1-8-6(12-3-7-12)4(5(6)13)9-10-11(2)14/h1,3-5,11,13H,2H3/q+1. The van der Waals surface area contributed by atoms with Crippen LogP contribution >= 0.6 is 0 Å². The molecule has 8 heteroatoms. The van der Waals surface area contributed by atoms with Crippen LogP contribution in [-0.2, 0) is 0 Å². The molecule has 1 heterocycles. The fraction of sp³-hybridized carbons (Fsp3) is 0.667. The predicted molar refractivity (Wildman–Crippen MR) is 42.3 cm³/mol. The average molecular weight is 310 g/mol. The van der Waals surface area contributed by atoms with Gasteiger partial charge in [0, 0.05) is 0 Å². The van der Waals surface area contributed by atoms with Crippen molar-refractivity contribution in [2.45, 2.75) is 17.8 Å². The van der Waals surface area contributed by atoms with Crippen molar-refractivity contribution in [1.29, 1.82) is 0 Å². The quantitative estimate of drug-likeness (QED) is 0.237. The van der Waals surface area contributed by atoms with Gasteiger partial charge in [0.05, 0.1) is 0 Å². The van der Waals surface area contributed by atoms with Crippen LogP contribution in [0.5, 0.6) is 0 Å². The molecule has 4 atom stereocenters. The molecule has 0 saturated heterocycles. The molecule has 1 saturated carbocycles. The van der Waals surface area contributed by atoms with E-state index < -0.39 is 17.8 Å². The van der Waals surface area contributed by atoms with E-state index in [0.717, 1.165) is 0 Å². The molecule has 0 aromatic rings. The van der Waals surface area contributed by atoms with Gasteiger partial charge in [-0.05, 0) is 0 Å². The summed E-state index contributed by atoms with van der Waals surface area (Å²) in [6.45, 7) is 5.23. The number of nitrogens with one attached hydrogen (secondary N) is 1. The Labute approximate surface area is 90.7 Å². The molecule has 7 nitrogen and oxygen atoms in total. The Hall–Kier alpha value is -0.630. The number of aliphatic hydroxyl groups excluding tert-OH is 1. The Morgan fingerprint density at radius 2 is 2.50 bits per heavy atom. The van der Waals surface area contributed by atoms with Gasteiger partial charge < -0.3 is 0 Å². The van der Waals surface area contributed by atoms with Crippen molar-refractivity contribution >= 4 is 4.22 Å². The van der Waals surface area contributed by atoms with E-state index in [1.807, 2.05) is 7.01 Å². The number of hydrogen-bond donors (Lipinski definition) is 2. The summed E-state index contributed by atoms with van der Waals surface area (Å²) in [4.78, 5) is 3.64. The van der Waals surface area contributed by atoms with Crippen LogP contribution < -0.4 is 26.7 Å². The molecular weight excluding hydrogens is 301 g/mol. The first-order valence-electron chi connectivity index (χ1n) is 3.91. The molecule has 0 aromatic heterocycles. The Morgan fingerprint density at radius 3 is 2.93 bits per heavy atom. The summed E-state index contributed by atoms with van der Waals surface area (Å²) in [5.41, 5.74) is -0.813. The Balaban J connectivity index is 2.11.